The standard InChI is InChI=1S/C16H16N2O5S2/c1-2-3-4-12(15(20)21)17-14(19)13(25-16(17)24)9-10-5-7-11(8-6-10)18(22)23/h5-9,12H,2-4H2,1H3,(H,20,21)/p-1/b13-9-/t12-/m0/s1. The molecule has 0 radical (unpaired) electrons. The molecule has 0 bridgehead atoms. The van der Waals surface area contributed by atoms with Gasteiger partial charge in [-0.15, -0.1) is 0 Å². The van der Waals surface area contributed by atoms with Crippen molar-refractivity contribution in [2.75, 3.05) is 0 Å². The highest BCUT2D eigenvalue weighted by Crippen LogP contribution is 2.35. The molecule has 0 spiro atoms. The maximum absolute atomic E-state index is 12.6. The van der Waals surface area contributed by atoms with Crippen LogP contribution in [0, 0.1) is 10.1 Å². The Morgan fingerprint density at radius 2 is 2.04 bits per heavy atom. The molecule has 1 heterocycles. The van der Waals surface area contributed by atoms with Crippen LogP contribution in [-0.2, 0) is 9.59 Å². The molecule has 0 N–H and O–H groups in total. The van der Waals surface area contributed by atoms with Crippen molar-refractivity contribution in [3.63, 3.8) is 0 Å². The summed E-state index contributed by atoms with van der Waals surface area (Å²) in [6, 6.07) is 4.60. The number of nitrogens with zero attached hydrogens (tertiary/aromatic N) is 2. The van der Waals surface area contributed by atoms with Crippen LogP contribution in [0.15, 0.2) is 29.2 Å². The fraction of sp³-hybridized carbons (Fsp3) is 0.312. The van der Waals surface area contributed by atoms with Crippen LogP contribution in [0.1, 0.15) is 31.7 Å². The Morgan fingerprint density at radius 1 is 1.40 bits per heavy atom. The van der Waals surface area contributed by atoms with Gasteiger partial charge in [0.15, 0.2) is 0 Å². The summed E-state index contributed by atoms with van der Waals surface area (Å²) in [5.74, 6) is -1.82. The van der Waals surface area contributed by atoms with Gasteiger partial charge in [-0.3, -0.25) is 19.8 Å². The van der Waals surface area contributed by atoms with E-state index in [4.69, 9.17) is 12.2 Å². The molecule has 2 rings (SSSR count). The predicted molar refractivity (Wildman–Crippen MR) is 96.4 cm³/mol. The van der Waals surface area contributed by atoms with Gasteiger partial charge in [-0.2, -0.15) is 0 Å². The van der Waals surface area contributed by atoms with Crippen molar-refractivity contribution < 1.29 is 19.6 Å². The Kier molecular flexibility index (Phi) is 6.27. The van der Waals surface area contributed by atoms with Crippen molar-refractivity contribution in [2.45, 2.75) is 32.2 Å². The van der Waals surface area contributed by atoms with Gasteiger partial charge in [0.2, 0.25) is 0 Å². The molecule has 1 fully saturated rings. The number of rotatable bonds is 7. The molecule has 0 saturated carbocycles. The third kappa shape index (κ3) is 4.43. The minimum absolute atomic E-state index is 0.0544. The quantitative estimate of drug-likeness (QED) is 0.309. The number of carboxylic acids is 1. The Morgan fingerprint density at radius 3 is 2.56 bits per heavy atom. The van der Waals surface area contributed by atoms with E-state index in [1.54, 1.807) is 0 Å². The van der Waals surface area contributed by atoms with Gasteiger partial charge in [-0.05, 0) is 30.2 Å². The fourth-order valence-corrected chi connectivity index (χ4v) is 3.70. The van der Waals surface area contributed by atoms with E-state index in [2.05, 4.69) is 0 Å². The van der Waals surface area contributed by atoms with E-state index in [9.17, 15) is 24.8 Å². The van der Waals surface area contributed by atoms with Crippen LogP contribution < -0.4 is 5.11 Å². The highest BCUT2D eigenvalue weighted by atomic mass is 32.2. The Balaban J connectivity index is 2.24. The van der Waals surface area contributed by atoms with Crippen molar-refractivity contribution in [1.82, 2.24) is 4.90 Å². The van der Waals surface area contributed by atoms with Crippen molar-refractivity contribution in [1.29, 1.82) is 0 Å². The zero-order valence-electron chi connectivity index (χ0n) is 13.3. The number of hydrogen-bond acceptors (Lipinski definition) is 7. The molecule has 1 amide bonds. The highest BCUT2D eigenvalue weighted by molar-refractivity contribution is 8.26. The van der Waals surface area contributed by atoms with Crippen LogP contribution in [-0.4, -0.2) is 32.1 Å². The maximum atomic E-state index is 12.6. The first-order chi connectivity index (χ1) is 11.8. The number of carbonyl (C=O) groups excluding carboxylic acids is 2. The second kappa shape index (κ2) is 8.21. The van der Waals surface area contributed by atoms with E-state index in [1.807, 2.05) is 6.92 Å². The third-order valence-electron chi connectivity index (χ3n) is 3.64. The molecule has 1 saturated heterocycles. The number of amides is 1. The largest absolute Gasteiger partial charge is 0.548 e. The molecule has 1 aliphatic rings. The van der Waals surface area contributed by atoms with Crippen LogP contribution in [0.25, 0.3) is 6.08 Å². The van der Waals surface area contributed by atoms with Gasteiger partial charge in [0.1, 0.15) is 4.32 Å². The number of carbonyl (C=O) groups is 2. The number of carboxylic acid groups (broad SMARTS) is 1. The number of nitro groups is 1. The number of hydrogen-bond donors (Lipinski definition) is 0. The first kappa shape index (κ1) is 19.1. The van der Waals surface area contributed by atoms with Crippen molar-refractivity contribution in [2.24, 2.45) is 0 Å². The molecule has 132 valence electrons. The molecule has 0 aromatic heterocycles. The molecular formula is C16H15N2O5S2-. The molecule has 0 unspecified atom stereocenters. The second-order valence-corrected chi connectivity index (χ2v) is 7.05. The van der Waals surface area contributed by atoms with E-state index in [1.165, 1.54) is 30.3 Å². The predicted octanol–water partition coefficient (Wildman–Crippen LogP) is 2.10. The van der Waals surface area contributed by atoms with Gasteiger partial charge in [0, 0.05) is 12.1 Å². The number of benzene rings is 1. The van der Waals surface area contributed by atoms with Crippen LogP contribution in [0.3, 0.4) is 0 Å². The second-order valence-electron chi connectivity index (χ2n) is 5.38. The zero-order valence-corrected chi connectivity index (χ0v) is 15.0. The van der Waals surface area contributed by atoms with E-state index >= 15 is 0 Å². The average molecular weight is 379 g/mol. The van der Waals surface area contributed by atoms with Crippen molar-refractivity contribution >= 4 is 51.9 Å². The molecule has 1 aliphatic heterocycles. The maximum Gasteiger partial charge on any atom is 0.269 e. The molecule has 7 nitrogen and oxygen atoms in total. The highest BCUT2D eigenvalue weighted by Gasteiger charge is 2.37. The minimum atomic E-state index is -1.33. The van der Waals surface area contributed by atoms with Crippen LogP contribution in [0.4, 0.5) is 5.69 Å². The number of thiocarbonyl (C=S) groups is 1. The number of thioether (sulfide) groups is 1. The van der Waals surface area contributed by atoms with E-state index < -0.39 is 22.8 Å². The smallest absolute Gasteiger partial charge is 0.269 e. The van der Waals surface area contributed by atoms with E-state index in [0.29, 0.717) is 12.0 Å². The van der Waals surface area contributed by atoms with Crippen LogP contribution in [0.5, 0.6) is 0 Å². The summed E-state index contributed by atoms with van der Waals surface area (Å²) < 4.78 is 0.170. The SMILES string of the molecule is CCCC[C@@H](C(=O)[O-])N1C(=O)/C(=C/c2ccc([N+](=O)[O-])cc2)SC1=S. The van der Waals surface area contributed by atoms with Gasteiger partial charge in [0.25, 0.3) is 11.6 Å². The Bertz CT molecular complexity index is 745. The lowest BCUT2D eigenvalue weighted by Gasteiger charge is -2.27. The minimum Gasteiger partial charge on any atom is -0.548 e. The van der Waals surface area contributed by atoms with Crippen LogP contribution in [0.2, 0.25) is 0 Å². The summed E-state index contributed by atoms with van der Waals surface area (Å²) in [6.07, 6.45) is 3.24. The summed E-state index contributed by atoms with van der Waals surface area (Å²) in [6.45, 7) is 1.92. The Labute approximate surface area is 153 Å². The van der Waals surface area contributed by atoms with Gasteiger partial charge >= 0.3 is 0 Å². The van der Waals surface area contributed by atoms with Crippen LogP contribution >= 0.6 is 24.0 Å². The number of nitro benzene ring substituents is 1. The molecule has 1 aromatic carbocycles. The first-order valence-electron chi connectivity index (χ1n) is 7.57. The van der Waals surface area contributed by atoms with E-state index in [-0.39, 0.29) is 21.3 Å². The molecule has 9 heteroatoms. The van der Waals surface area contributed by atoms with Gasteiger partial charge < -0.3 is 9.90 Å². The molecule has 1 aromatic rings. The number of aliphatic carboxylic acids is 1. The van der Waals surface area contributed by atoms with Crippen molar-refractivity contribution in [3.8, 4) is 0 Å². The molecule has 0 aliphatic carbocycles. The lowest BCUT2D eigenvalue weighted by molar-refractivity contribution is -0.384. The summed E-state index contributed by atoms with van der Waals surface area (Å²) in [7, 11) is 0. The third-order valence-corrected chi connectivity index (χ3v) is 4.97. The lowest BCUT2D eigenvalue weighted by atomic mass is 10.1. The number of non-ortho nitro benzene ring substituents is 1. The molecule has 25 heavy (non-hydrogen) atoms. The molecular weight excluding hydrogens is 364 g/mol. The van der Waals surface area contributed by atoms with Gasteiger partial charge in [-0.1, -0.05) is 43.7 Å². The fourth-order valence-electron chi connectivity index (χ4n) is 2.34. The molecule has 1 atom stereocenters. The monoisotopic (exact) mass is 379 g/mol. The summed E-state index contributed by atoms with van der Waals surface area (Å²) in [5, 5.41) is 22.1. The Hall–Kier alpha value is -2.26. The van der Waals surface area contributed by atoms with E-state index in [0.717, 1.165) is 23.1 Å². The summed E-state index contributed by atoms with van der Waals surface area (Å²) in [5.41, 5.74) is 0.533. The first-order valence-corrected chi connectivity index (χ1v) is 8.80. The van der Waals surface area contributed by atoms with Gasteiger partial charge in [-0.25, -0.2) is 0 Å². The normalized spacial score (nSPS) is 17.2. The van der Waals surface area contributed by atoms with Crippen molar-refractivity contribution in [3.05, 3.63) is 44.8 Å². The topological polar surface area (TPSA) is 104 Å². The number of unbranched alkanes of at least 4 members (excludes halogenated alkanes) is 1. The lowest BCUT2D eigenvalue weighted by Crippen LogP contribution is -2.49. The zero-order chi connectivity index (χ0) is 18.6. The average Bonchev–Trinajstić information content (AvgIpc) is 2.83. The van der Waals surface area contributed by atoms with Gasteiger partial charge in [0.05, 0.1) is 21.8 Å². The summed E-state index contributed by atoms with van der Waals surface area (Å²) >= 11 is 6.17. The summed E-state index contributed by atoms with van der Waals surface area (Å²) in [4.78, 5) is 35.5.